The number of rotatable bonds is 5. The van der Waals surface area contributed by atoms with E-state index >= 15 is 0 Å². The molecule has 2 aromatic rings. The Morgan fingerprint density at radius 2 is 2.00 bits per heavy atom. The van der Waals surface area contributed by atoms with Crippen molar-refractivity contribution < 1.29 is 4.79 Å². The third-order valence-corrected chi connectivity index (χ3v) is 4.28. The van der Waals surface area contributed by atoms with Crippen LogP contribution in [0.15, 0.2) is 24.3 Å². The van der Waals surface area contributed by atoms with E-state index in [1.54, 1.807) is 0 Å². The SMILES string of the molecule is CCCCC(=O)N1CCN(Cc2nc3ccccc3[nH]2)CC1. The molecule has 0 atom stereocenters. The lowest BCUT2D eigenvalue weighted by molar-refractivity contribution is -0.133. The lowest BCUT2D eigenvalue weighted by Crippen LogP contribution is -2.48. The third kappa shape index (κ3) is 3.47. The van der Waals surface area contributed by atoms with Gasteiger partial charge in [-0.25, -0.2) is 4.98 Å². The number of benzene rings is 1. The van der Waals surface area contributed by atoms with Gasteiger partial charge in [-0.05, 0) is 18.6 Å². The van der Waals surface area contributed by atoms with Gasteiger partial charge in [-0.15, -0.1) is 0 Å². The summed E-state index contributed by atoms with van der Waals surface area (Å²) in [6.07, 6.45) is 2.77. The van der Waals surface area contributed by atoms with Crippen LogP contribution in [0.2, 0.25) is 0 Å². The molecule has 5 nitrogen and oxygen atoms in total. The molecule has 0 spiro atoms. The Labute approximate surface area is 131 Å². The molecule has 0 unspecified atom stereocenters. The van der Waals surface area contributed by atoms with Crippen LogP contribution in [-0.4, -0.2) is 51.9 Å². The molecule has 1 saturated heterocycles. The van der Waals surface area contributed by atoms with Crippen LogP contribution in [0.5, 0.6) is 0 Å². The van der Waals surface area contributed by atoms with Gasteiger partial charge >= 0.3 is 0 Å². The minimum atomic E-state index is 0.310. The van der Waals surface area contributed by atoms with Crippen molar-refractivity contribution in [3.05, 3.63) is 30.1 Å². The second-order valence-electron chi connectivity index (χ2n) is 5.96. The highest BCUT2D eigenvalue weighted by atomic mass is 16.2. The molecule has 1 amide bonds. The van der Waals surface area contributed by atoms with Gasteiger partial charge in [-0.3, -0.25) is 9.69 Å². The number of aromatic nitrogens is 2. The Balaban J connectivity index is 1.52. The summed E-state index contributed by atoms with van der Waals surface area (Å²) in [6.45, 7) is 6.47. The first kappa shape index (κ1) is 15.0. The molecule has 1 aromatic heterocycles. The van der Waals surface area contributed by atoms with E-state index in [1.807, 2.05) is 23.1 Å². The fourth-order valence-corrected chi connectivity index (χ4v) is 2.93. The molecule has 1 aliphatic rings. The molecule has 1 fully saturated rings. The highest BCUT2D eigenvalue weighted by molar-refractivity contribution is 5.76. The number of hydrogen-bond donors (Lipinski definition) is 1. The Morgan fingerprint density at radius 3 is 2.73 bits per heavy atom. The molecule has 22 heavy (non-hydrogen) atoms. The molecular formula is C17H24N4O. The molecule has 1 aliphatic heterocycles. The molecular weight excluding hydrogens is 276 g/mol. The van der Waals surface area contributed by atoms with Gasteiger partial charge < -0.3 is 9.88 Å². The van der Waals surface area contributed by atoms with Crippen molar-refractivity contribution in [2.24, 2.45) is 0 Å². The van der Waals surface area contributed by atoms with E-state index in [9.17, 15) is 4.79 Å². The maximum atomic E-state index is 12.0. The van der Waals surface area contributed by atoms with Crippen LogP contribution in [0.25, 0.3) is 11.0 Å². The van der Waals surface area contributed by atoms with Crippen LogP contribution in [0.1, 0.15) is 32.0 Å². The summed E-state index contributed by atoms with van der Waals surface area (Å²) in [5.74, 6) is 1.32. The zero-order valence-corrected chi connectivity index (χ0v) is 13.2. The van der Waals surface area contributed by atoms with Crippen molar-refractivity contribution in [3.63, 3.8) is 0 Å². The Hall–Kier alpha value is -1.88. The van der Waals surface area contributed by atoms with Crippen molar-refractivity contribution in [1.82, 2.24) is 19.8 Å². The molecule has 1 aromatic carbocycles. The first-order valence-electron chi connectivity index (χ1n) is 8.20. The number of unbranched alkanes of at least 4 members (excludes halogenated alkanes) is 1. The molecule has 0 aliphatic carbocycles. The molecule has 1 N–H and O–H groups in total. The van der Waals surface area contributed by atoms with Crippen LogP contribution in [0.4, 0.5) is 0 Å². The number of carbonyl (C=O) groups is 1. The van der Waals surface area contributed by atoms with E-state index in [0.29, 0.717) is 12.3 Å². The largest absolute Gasteiger partial charge is 0.341 e. The summed E-state index contributed by atoms with van der Waals surface area (Å²) in [7, 11) is 0. The summed E-state index contributed by atoms with van der Waals surface area (Å²) in [5.41, 5.74) is 2.11. The fourth-order valence-electron chi connectivity index (χ4n) is 2.93. The lowest BCUT2D eigenvalue weighted by Gasteiger charge is -2.34. The van der Waals surface area contributed by atoms with Gasteiger partial charge in [0.15, 0.2) is 0 Å². The number of H-pyrrole nitrogens is 1. The van der Waals surface area contributed by atoms with E-state index in [1.165, 1.54) is 0 Å². The van der Waals surface area contributed by atoms with Crippen molar-refractivity contribution in [2.75, 3.05) is 26.2 Å². The second-order valence-corrected chi connectivity index (χ2v) is 5.96. The minimum absolute atomic E-state index is 0.310. The quantitative estimate of drug-likeness (QED) is 0.922. The Bertz CT molecular complexity index is 595. The van der Waals surface area contributed by atoms with Gasteiger partial charge in [0.2, 0.25) is 5.91 Å². The van der Waals surface area contributed by atoms with Crippen molar-refractivity contribution >= 4 is 16.9 Å². The first-order valence-corrected chi connectivity index (χ1v) is 8.20. The molecule has 0 radical (unpaired) electrons. The molecule has 0 bridgehead atoms. The second kappa shape index (κ2) is 6.92. The average Bonchev–Trinajstić information content (AvgIpc) is 2.95. The van der Waals surface area contributed by atoms with Gasteiger partial charge in [-0.2, -0.15) is 0 Å². The molecule has 3 rings (SSSR count). The van der Waals surface area contributed by atoms with Crippen LogP contribution < -0.4 is 0 Å². The van der Waals surface area contributed by atoms with Gasteiger partial charge in [0.1, 0.15) is 5.82 Å². The normalized spacial score (nSPS) is 16.3. The maximum absolute atomic E-state index is 12.0. The minimum Gasteiger partial charge on any atom is -0.341 e. The summed E-state index contributed by atoms with van der Waals surface area (Å²) < 4.78 is 0. The van der Waals surface area contributed by atoms with Crippen LogP contribution in [0.3, 0.4) is 0 Å². The van der Waals surface area contributed by atoms with E-state index < -0.39 is 0 Å². The third-order valence-electron chi connectivity index (χ3n) is 4.28. The number of amides is 1. The van der Waals surface area contributed by atoms with Crippen molar-refractivity contribution in [1.29, 1.82) is 0 Å². The zero-order valence-electron chi connectivity index (χ0n) is 13.2. The average molecular weight is 300 g/mol. The molecule has 5 heteroatoms. The number of imidazole rings is 1. The predicted octanol–water partition coefficient (Wildman–Crippen LogP) is 2.40. The van der Waals surface area contributed by atoms with Gasteiger partial charge in [0, 0.05) is 32.6 Å². The zero-order chi connectivity index (χ0) is 15.4. The van der Waals surface area contributed by atoms with E-state index in [0.717, 1.165) is 62.4 Å². The molecule has 2 heterocycles. The highest BCUT2D eigenvalue weighted by Gasteiger charge is 2.21. The van der Waals surface area contributed by atoms with Crippen molar-refractivity contribution in [3.8, 4) is 0 Å². The lowest BCUT2D eigenvalue weighted by atomic mass is 10.2. The number of carbonyl (C=O) groups excluding carboxylic acids is 1. The Morgan fingerprint density at radius 1 is 1.23 bits per heavy atom. The van der Waals surface area contributed by atoms with E-state index in [-0.39, 0.29) is 0 Å². The number of nitrogens with zero attached hydrogens (tertiary/aromatic N) is 3. The summed E-state index contributed by atoms with van der Waals surface area (Å²) >= 11 is 0. The summed E-state index contributed by atoms with van der Waals surface area (Å²) in [6, 6.07) is 8.11. The summed E-state index contributed by atoms with van der Waals surface area (Å²) in [5, 5.41) is 0. The predicted molar refractivity (Wildman–Crippen MR) is 87.5 cm³/mol. The first-order chi connectivity index (χ1) is 10.8. The van der Waals surface area contributed by atoms with Gasteiger partial charge in [0.25, 0.3) is 0 Å². The van der Waals surface area contributed by atoms with Crippen LogP contribution >= 0.6 is 0 Å². The van der Waals surface area contributed by atoms with Crippen LogP contribution in [0, 0.1) is 0 Å². The van der Waals surface area contributed by atoms with E-state index in [2.05, 4.69) is 27.9 Å². The fraction of sp³-hybridized carbons (Fsp3) is 0.529. The number of piperazine rings is 1. The monoisotopic (exact) mass is 300 g/mol. The standard InChI is InChI=1S/C17H24N4O/c1-2-3-8-17(22)21-11-9-20(10-12-21)13-16-18-14-6-4-5-7-15(14)19-16/h4-7H,2-3,8-13H2,1H3,(H,18,19). The van der Waals surface area contributed by atoms with E-state index in [4.69, 9.17) is 0 Å². The highest BCUT2D eigenvalue weighted by Crippen LogP contribution is 2.13. The van der Waals surface area contributed by atoms with Gasteiger partial charge in [0.05, 0.1) is 17.6 Å². The number of nitrogens with one attached hydrogen (secondary N) is 1. The van der Waals surface area contributed by atoms with Crippen molar-refractivity contribution in [2.45, 2.75) is 32.7 Å². The number of fused-ring (bicyclic) bond motifs is 1. The van der Waals surface area contributed by atoms with Gasteiger partial charge in [-0.1, -0.05) is 25.5 Å². The topological polar surface area (TPSA) is 52.2 Å². The summed E-state index contributed by atoms with van der Waals surface area (Å²) in [4.78, 5) is 24.4. The number of hydrogen-bond acceptors (Lipinski definition) is 3. The number of aromatic amines is 1. The smallest absolute Gasteiger partial charge is 0.222 e. The molecule has 0 saturated carbocycles. The number of para-hydroxylation sites is 2. The van der Waals surface area contributed by atoms with Crippen LogP contribution in [-0.2, 0) is 11.3 Å². The Kier molecular flexibility index (Phi) is 4.73. The maximum Gasteiger partial charge on any atom is 0.222 e. The molecule has 118 valence electrons.